The SMILES string of the molecule is CC1Oc2ccc(-c3csc(-c4ccccn4)n3)cc2N(CC(=O)c2cccs2)C1=O. The summed E-state index contributed by atoms with van der Waals surface area (Å²) in [6.07, 6.45) is 1.09. The first-order chi connectivity index (χ1) is 15.1. The number of fused-ring (bicyclic) bond motifs is 1. The molecule has 6 nitrogen and oxygen atoms in total. The van der Waals surface area contributed by atoms with Gasteiger partial charge in [0.1, 0.15) is 10.8 Å². The van der Waals surface area contributed by atoms with E-state index in [0.29, 0.717) is 16.3 Å². The van der Waals surface area contributed by atoms with Gasteiger partial charge in [0, 0.05) is 17.1 Å². The number of nitrogens with zero attached hydrogens (tertiary/aromatic N) is 3. The number of benzene rings is 1. The van der Waals surface area contributed by atoms with Crippen LogP contribution in [0.2, 0.25) is 0 Å². The fourth-order valence-electron chi connectivity index (χ4n) is 3.40. The molecule has 154 valence electrons. The average molecular weight is 448 g/mol. The minimum Gasteiger partial charge on any atom is -0.479 e. The van der Waals surface area contributed by atoms with Gasteiger partial charge in [-0.05, 0) is 48.7 Å². The smallest absolute Gasteiger partial charge is 0.268 e. The van der Waals surface area contributed by atoms with E-state index < -0.39 is 6.10 Å². The van der Waals surface area contributed by atoms with Crippen molar-refractivity contribution < 1.29 is 14.3 Å². The second-order valence-electron chi connectivity index (χ2n) is 7.02. The molecule has 0 saturated carbocycles. The number of hydrogen-bond acceptors (Lipinski definition) is 7. The van der Waals surface area contributed by atoms with Crippen LogP contribution in [0, 0.1) is 0 Å². The van der Waals surface area contributed by atoms with Crippen LogP contribution in [0.5, 0.6) is 5.75 Å². The highest BCUT2D eigenvalue weighted by molar-refractivity contribution is 7.13. The Morgan fingerprint density at radius 1 is 1.13 bits per heavy atom. The highest BCUT2D eigenvalue weighted by Gasteiger charge is 2.33. The monoisotopic (exact) mass is 447 g/mol. The van der Waals surface area contributed by atoms with Crippen molar-refractivity contribution in [2.75, 3.05) is 11.4 Å². The van der Waals surface area contributed by atoms with E-state index in [1.807, 2.05) is 53.2 Å². The largest absolute Gasteiger partial charge is 0.479 e. The van der Waals surface area contributed by atoms with E-state index in [9.17, 15) is 9.59 Å². The molecule has 0 bridgehead atoms. The number of carbonyl (C=O) groups is 2. The van der Waals surface area contributed by atoms with Gasteiger partial charge in [-0.25, -0.2) is 4.98 Å². The zero-order valence-electron chi connectivity index (χ0n) is 16.5. The number of thiophene rings is 1. The van der Waals surface area contributed by atoms with E-state index in [1.165, 1.54) is 27.6 Å². The Labute approximate surface area is 186 Å². The third-order valence-corrected chi connectivity index (χ3v) is 6.72. The molecule has 1 aliphatic rings. The van der Waals surface area contributed by atoms with Gasteiger partial charge in [0.15, 0.2) is 11.9 Å². The lowest BCUT2D eigenvalue weighted by atomic mass is 10.1. The quantitative estimate of drug-likeness (QED) is 0.406. The molecule has 0 radical (unpaired) electrons. The number of pyridine rings is 1. The van der Waals surface area contributed by atoms with E-state index in [-0.39, 0.29) is 18.2 Å². The molecule has 0 spiro atoms. The number of Topliss-reactive ketones (excluding diaryl/α,β-unsaturated/α-hetero) is 1. The first-order valence-corrected chi connectivity index (χ1v) is 11.4. The summed E-state index contributed by atoms with van der Waals surface area (Å²) in [5, 5.41) is 4.63. The summed E-state index contributed by atoms with van der Waals surface area (Å²) < 4.78 is 5.78. The molecule has 1 atom stereocenters. The van der Waals surface area contributed by atoms with Gasteiger partial charge in [-0.1, -0.05) is 12.1 Å². The van der Waals surface area contributed by atoms with Gasteiger partial charge in [-0.15, -0.1) is 22.7 Å². The molecule has 4 aromatic rings. The zero-order valence-corrected chi connectivity index (χ0v) is 18.2. The number of anilines is 1. The number of thiazole rings is 1. The normalized spacial score (nSPS) is 15.5. The first-order valence-electron chi connectivity index (χ1n) is 9.66. The van der Waals surface area contributed by atoms with Crippen molar-refractivity contribution in [2.45, 2.75) is 13.0 Å². The molecular weight excluding hydrogens is 430 g/mol. The topological polar surface area (TPSA) is 72.4 Å². The van der Waals surface area contributed by atoms with E-state index >= 15 is 0 Å². The number of carbonyl (C=O) groups excluding carboxylic acids is 2. The maximum absolute atomic E-state index is 12.9. The molecule has 0 aliphatic carbocycles. The lowest BCUT2D eigenvalue weighted by Gasteiger charge is -2.32. The molecule has 0 N–H and O–H groups in total. The van der Waals surface area contributed by atoms with Crippen LogP contribution >= 0.6 is 22.7 Å². The third-order valence-electron chi connectivity index (χ3n) is 4.95. The van der Waals surface area contributed by atoms with Crippen LogP contribution < -0.4 is 9.64 Å². The molecule has 1 aromatic carbocycles. The molecule has 1 aliphatic heterocycles. The van der Waals surface area contributed by atoms with Gasteiger partial charge in [0.25, 0.3) is 5.91 Å². The highest BCUT2D eigenvalue weighted by atomic mass is 32.1. The molecule has 0 fully saturated rings. The summed E-state index contributed by atoms with van der Waals surface area (Å²) in [6.45, 7) is 1.67. The molecule has 5 rings (SSSR count). The van der Waals surface area contributed by atoms with Crippen molar-refractivity contribution in [2.24, 2.45) is 0 Å². The van der Waals surface area contributed by atoms with E-state index in [4.69, 9.17) is 9.72 Å². The van der Waals surface area contributed by atoms with Gasteiger partial charge in [0.05, 0.1) is 28.5 Å². The van der Waals surface area contributed by atoms with Crippen LogP contribution in [0.1, 0.15) is 16.6 Å². The Morgan fingerprint density at radius 3 is 2.81 bits per heavy atom. The summed E-state index contributed by atoms with van der Waals surface area (Å²) in [4.78, 5) is 36.8. The summed E-state index contributed by atoms with van der Waals surface area (Å²) in [5.41, 5.74) is 3.02. The molecule has 1 amide bonds. The van der Waals surface area contributed by atoms with Crippen LogP contribution in [0.15, 0.2) is 65.5 Å². The van der Waals surface area contributed by atoms with E-state index in [2.05, 4.69) is 4.98 Å². The van der Waals surface area contributed by atoms with Gasteiger partial charge in [-0.3, -0.25) is 19.5 Å². The Hall–Kier alpha value is -3.36. The highest BCUT2D eigenvalue weighted by Crippen LogP contribution is 2.38. The van der Waals surface area contributed by atoms with Gasteiger partial charge in [-0.2, -0.15) is 0 Å². The summed E-state index contributed by atoms with van der Waals surface area (Å²) in [7, 11) is 0. The predicted octanol–water partition coefficient (Wildman–Crippen LogP) is 4.93. The number of ketones is 1. The zero-order chi connectivity index (χ0) is 21.4. The second-order valence-corrected chi connectivity index (χ2v) is 8.83. The molecule has 0 saturated heterocycles. The fraction of sp³-hybridized carbons (Fsp3) is 0.130. The summed E-state index contributed by atoms with van der Waals surface area (Å²) >= 11 is 2.88. The van der Waals surface area contributed by atoms with Crippen LogP contribution in [0.3, 0.4) is 0 Å². The van der Waals surface area contributed by atoms with Gasteiger partial charge >= 0.3 is 0 Å². The number of hydrogen-bond donors (Lipinski definition) is 0. The first kappa shape index (κ1) is 19.6. The minimum absolute atomic E-state index is 0.0280. The van der Waals surface area contributed by atoms with Crippen molar-refractivity contribution >= 4 is 40.1 Å². The summed E-state index contributed by atoms with van der Waals surface area (Å²) in [5.74, 6) is 0.247. The lowest BCUT2D eigenvalue weighted by Crippen LogP contribution is -2.46. The number of amides is 1. The Kier molecular flexibility index (Phi) is 5.09. The second kappa shape index (κ2) is 8.05. The van der Waals surface area contributed by atoms with Gasteiger partial charge < -0.3 is 4.74 Å². The molecule has 8 heteroatoms. The van der Waals surface area contributed by atoms with Crippen molar-refractivity contribution in [1.82, 2.24) is 9.97 Å². The van der Waals surface area contributed by atoms with Crippen molar-refractivity contribution in [1.29, 1.82) is 0 Å². The molecule has 4 heterocycles. The van der Waals surface area contributed by atoms with Crippen LogP contribution in [-0.2, 0) is 4.79 Å². The van der Waals surface area contributed by atoms with Crippen LogP contribution in [0.25, 0.3) is 22.0 Å². The van der Waals surface area contributed by atoms with Crippen molar-refractivity contribution in [3.8, 4) is 27.7 Å². The Morgan fingerprint density at radius 2 is 2.03 bits per heavy atom. The molecule has 3 aromatic heterocycles. The van der Waals surface area contributed by atoms with Gasteiger partial charge in [0.2, 0.25) is 0 Å². The fourth-order valence-corrected chi connectivity index (χ4v) is 4.86. The maximum Gasteiger partial charge on any atom is 0.268 e. The lowest BCUT2D eigenvalue weighted by molar-refractivity contribution is -0.125. The molecular formula is C23H17N3O3S2. The number of ether oxygens (including phenoxy) is 1. The molecule has 31 heavy (non-hydrogen) atoms. The van der Waals surface area contributed by atoms with E-state index in [0.717, 1.165) is 22.0 Å². The van der Waals surface area contributed by atoms with Crippen molar-refractivity contribution in [3.05, 3.63) is 70.4 Å². The van der Waals surface area contributed by atoms with Crippen LogP contribution in [-0.4, -0.2) is 34.3 Å². The maximum atomic E-state index is 12.9. The van der Waals surface area contributed by atoms with E-state index in [1.54, 1.807) is 19.2 Å². The standard InChI is InChI=1S/C23H17N3O3S2/c1-14-23(28)26(12-19(27)21-6-4-10-30-21)18-11-15(7-8-20(18)29-14)17-13-31-22(25-17)16-5-2-3-9-24-16/h2-11,13-14H,12H2,1H3. The number of aromatic nitrogens is 2. The third kappa shape index (κ3) is 3.75. The molecule has 1 unspecified atom stereocenters. The predicted molar refractivity (Wildman–Crippen MR) is 122 cm³/mol. The summed E-state index contributed by atoms with van der Waals surface area (Å²) in [6, 6.07) is 14.9. The van der Waals surface area contributed by atoms with Crippen molar-refractivity contribution in [3.63, 3.8) is 0 Å². The van der Waals surface area contributed by atoms with Crippen LogP contribution in [0.4, 0.5) is 5.69 Å². The Balaban J connectivity index is 1.49. The number of rotatable bonds is 5. The Bertz CT molecular complexity index is 1250. The average Bonchev–Trinajstić information content (AvgIpc) is 3.50. The minimum atomic E-state index is -0.649.